The number of carboxylic acids is 1. The van der Waals surface area contributed by atoms with E-state index in [9.17, 15) is 9.90 Å². The molecule has 0 aliphatic rings. The van der Waals surface area contributed by atoms with Gasteiger partial charge in [-0.3, -0.25) is 0 Å². The number of hydrogen-bond donors (Lipinski definition) is 2. The summed E-state index contributed by atoms with van der Waals surface area (Å²) in [5.74, 6) is -0.959. The first-order chi connectivity index (χ1) is 12.0. The van der Waals surface area contributed by atoms with Gasteiger partial charge in [0.15, 0.2) is 0 Å². The van der Waals surface area contributed by atoms with Crippen LogP contribution in [-0.4, -0.2) is 11.1 Å². The quantitative estimate of drug-likeness (QED) is 0.492. The number of allylic oxidation sites excluding steroid dienone is 1. The van der Waals surface area contributed by atoms with E-state index in [-0.39, 0.29) is 5.56 Å². The highest BCUT2D eigenvalue weighted by Crippen LogP contribution is 2.37. The third kappa shape index (κ3) is 4.31. The standard InChI is InChI=1S/C19H16ClNO2S2/c1-12(4-9-15-3-2-10-24-15)21-18-17(19(22)23)16(11-25-18)13-5-7-14(20)8-6-13/h2-3,5-8,10-11,21H,1,4,9H2,(H,22,23). The molecule has 0 aliphatic carbocycles. The molecule has 6 heteroatoms. The van der Waals surface area contributed by atoms with Crippen LogP contribution in [0.15, 0.2) is 59.4 Å². The predicted molar refractivity (Wildman–Crippen MR) is 107 cm³/mol. The minimum Gasteiger partial charge on any atom is -0.478 e. The van der Waals surface area contributed by atoms with E-state index in [4.69, 9.17) is 11.6 Å². The molecule has 0 radical (unpaired) electrons. The lowest BCUT2D eigenvalue weighted by Crippen LogP contribution is -2.04. The molecule has 0 atom stereocenters. The molecule has 25 heavy (non-hydrogen) atoms. The van der Waals surface area contributed by atoms with Gasteiger partial charge in [0.2, 0.25) is 0 Å². The van der Waals surface area contributed by atoms with Gasteiger partial charge < -0.3 is 10.4 Å². The van der Waals surface area contributed by atoms with E-state index < -0.39 is 5.97 Å². The van der Waals surface area contributed by atoms with Crippen molar-refractivity contribution in [3.63, 3.8) is 0 Å². The largest absolute Gasteiger partial charge is 0.478 e. The lowest BCUT2D eigenvalue weighted by atomic mass is 10.0. The van der Waals surface area contributed by atoms with Crippen molar-refractivity contribution in [3.8, 4) is 11.1 Å². The van der Waals surface area contributed by atoms with Crippen molar-refractivity contribution in [1.29, 1.82) is 0 Å². The fraction of sp³-hybridized carbons (Fsp3) is 0.105. The average molecular weight is 390 g/mol. The molecule has 0 unspecified atom stereocenters. The molecule has 128 valence electrons. The molecule has 0 spiro atoms. The van der Waals surface area contributed by atoms with E-state index in [0.29, 0.717) is 15.6 Å². The molecule has 3 nitrogen and oxygen atoms in total. The molecule has 2 heterocycles. The van der Waals surface area contributed by atoms with Gasteiger partial charge in [-0.2, -0.15) is 0 Å². The smallest absolute Gasteiger partial charge is 0.339 e. The van der Waals surface area contributed by atoms with E-state index in [1.165, 1.54) is 16.2 Å². The van der Waals surface area contributed by atoms with Crippen LogP contribution in [0.2, 0.25) is 5.02 Å². The number of carboxylic acid groups (broad SMARTS) is 1. The molecule has 0 bridgehead atoms. The molecule has 3 aromatic rings. The summed E-state index contributed by atoms with van der Waals surface area (Å²) in [7, 11) is 0. The fourth-order valence-corrected chi connectivity index (χ4v) is 4.30. The zero-order valence-corrected chi connectivity index (χ0v) is 15.7. The number of thiophene rings is 2. The Kier molecular flexibility index (Phi) is 5.58. The third-order valence-electron chi connectivity index (χ3n) is 3.70. The second kappa shape index (κ2) is 7.87. The topological polar surface area (TPSA) is 49.3 Å². The van der Waals surface area contributed by atoms with E-state index in [0.717, 1.165) is 24.1 Å². The van der Waals surface area contributed by atoms with Gasteiger partial charge in [-0.15, -0.1) is 22.7 Å². The fourth-order valence-electron chi connectivity index (χ4n) is 2.46. The lowest BCUT2D eigenvalue weighted by Gasteiger charge is -2.09. The number of rotatable bonds is 7. The highest BCUT2D eigenvalue weighted by atomic mass is 35.5. The minimum absolute atomic E-state index is 0.268. The van der Waals surface area contributed by atoms with Crippen LogP contribution in [-0.2, 0) is 6.42 Å². The van der Waals surface area contributed by atoms with Crippen LogP contribution in [0.4, 0.5) is 5.00 Å². The highest BCUT2D eigenvalue weighted by molar-refractivity contribution is 7.15. The van der Waals surface area contributed by atoms with E-state index >= 15 is 0 Å². The molecule has 3 rings (SSSR count). The number of carbonyl (C=O) groups is 1. The van der Waals surface area contributed by atoms with Gasteiger partial charge in [0, 0.05) is 26.5 Å². The van der Waals surface area contributed by atoms with Crippen molar-refractivity contribution in [2.45, 2.75) is 12.8 Å². The summed E-state index contributed by atoms with van der Waals surface area (Å²) in [5, 5.41) is 18.0. The number of benzene rings is 1. The molecule has 0 aliphatic heterocycles. The third-order valence-corrected chi connectivity index (χ3v) is 5.79. The van der Waals surface area contributed by atoms with Gasteiger partial charge in [-0.05, 0) is 42.0 Å². The summed E-state index contributed by atoms with van der Waals surface area (Å²) in [6.45, 7) is 4.03. The molecule has 2 aromatic heterocycles. The van der Waals surface area contributed by atoms with Crippen LogP contribution >= 0.6 is 34.3 Å². The summed E-state index contributed by atoms with van der Waals surface area (Å²) in [4.78, 5) is 13.1. The first-order valence-electron chi connectivity index (χ1n) is 7.62. The Balaban J connectivity index is 1.78. The molecule has 1 aromatic carbocycles. The molecule has 2 N–H and O–H groups in total. The van der Waals surface area contributed by atoms with Crippen LogP contribution in [0.25, 0.3) is 11.1 Å². The van der Waals surface area contributed by atoms with Crippen molar-refractivity contribution in [2.24, 2.45) is 0 Å². The van der Waals surface area contributed by atoms with Crippen molar-refractivity contribution in [1.82, 2.24) is 0 Å². The Bertz CT molecular complexity index is 883. The Morgan fingerprint density at radius 2 is 1.96 bits per heavy atom. The van der Waals surface area contributed by atoms with Crippen LogP contribution in [0, 0.1) is 0 Å². The SMILES string of the molecule is C=C(CCc1cccs1)Nc1scc(-c2ccc(Cl)cc2)c1C(=O)O. The number of halogens is 1. The maximum atomic E-state index is 11.8. The molecular formula is C19H16ClNO2S2. The molecule has 0 saturated heterocycles. The van der Waals surface area contributed by atoms with Gasteiger partial charge in [-0.25, -0.2) is 4.79 Å². The maximum Gasteiger partial charge on any atom is 0.339 e. The average Bonchev–Trinajstić information content (AvgIpc) is 3.23. The number of aryl methyl sites for hydroxylation is 1. The van der Waals surface area contributed by atoms with Crippen molar-refractivity contribution >= 4 is 45.2 Å². The second-order valence-corrected chi connectivity index (χ2v) is 7.82. The number of aromatic carboxylic acids is 1. The van der Waals surface area contributed by atoms with Crippen molar-refractivity contribution in [2.75, 3.05) is 5.32 Å². The van der Waals surface area contributed by atoms with Crippen molar-refractivity contribution in [3.05, 3.63) is 74.9 Å². The summed E-state index contributed by atoms with van der Waals surface area (Å²) in [5.41, 5.74) is 2.59. The Morgan fingerprint density at radius 1 is 1.20 bits per heavy atom. The van der Waals surface area contributed by atoms with Gasteiger partial charge in [0.05, 0.1) is 0 Å². The zero-order chi connectivity index (χ0) is 17.8. The van der Waals surface area contributed by atoms with Gasteiger partial charge >= 0.3 is 5.97 Å². The Hall–Kier alpha value is -2.08. The highest BCUT2D eigenvalue weighted by Gasteiger charge is 2.20. The monoisotopic (exact) mass is 389 g/mol. The molecule has 0 fully saturated rings. The lowest BCUT2D eigenvalue weighted by molar-refractivity contribution is 0.0699. The summed E-state index contributed by atoms with van der Waals surface area (Å²) in [6, 6.07) is 11.3. The molecule has 0 saturated carbocycles. The Labute approximate surface area is 159 Å². The van der Waals surface area contributed by atoms with Crippen LogP contribution < -0.4 is 5.32 Å². The minimum atomic E-state index is -0.959. The maximum absolute atomic E-state index is 11.8. The van der Waals surface area contributed by atoms with E-state index in [1.807, 2.05) is 29.0 Å². The number of nitrogens with one attached hydrogen (secondary N) is 1. The normalized spacial score (nSPS) is 10.6. The van der Waals surface area contributed by atoms with Gasteiger partial charge in [-0.1, -0.05) is 36.4 Å². The van der Waals surface area contributed by atoms with Crippen LogP contribution in [0.1, 0.15) is 21.7 Å². The summed E-state index contributed by atoms with van der Waals surface area (Å²) < 4.78 is 0. The first-order valence-corrected chi connectivity index (χ1v) is 9.76. The van der Waals surface area contributed by atoms with Crippen LogP contribution in [0.5, 0.6) is 0 Å². The first kappa shape index (κ1) is 17.7. The number of anilines is 1. The predicted octanol–water partition coefficient (Wildman–Crippen LogP) is 6.39. The van der Waals surface area contributed by atoms with E-state index in [2.05, 4.69) is 18.0 Å². The molecule has 0 amide bonds. The second-order valence-electron chi connectivity index (χ2n) is 5.47. The van der Waals surface area contributed by atoms with Gasteiger partial charge in [0.1, 0.15) is 10.6 Å². The summed E-state index contributed by atoms with van der Waals surface area (Å²) in [6.07, 6.45) is 1.65. The van der Waals surface area contributed by atoms with Gasteiger partial charge in [0.25, 0.3) is 0 Å². The Morgan fingerprint density at radius 3 is 2.60 bits per heavy atom. The van der Waals surface area contributed by atoms with Crippen LogP contribution in [0.3, 0.4) is 0 Å². The van der Waals surface area contributed by atoms with E-state index in [1.54, 1.807) is 23.5 Å². The number of hydrogen-bond acceptors (Lipinski definition) is 4. The summed E-state index contributed by atoms with van der Waals surface area (Å²) >= 11 is 9.00. The van der Waals surface area contributed by atoms with Crippen molar-refractivity contribution < 1.29 is 9.90 Å². The zero-order valence-electron chi connectivity index (χ0n) is 13.3. The molecular weight excluding hydrogens is 374 g/mol.